The first-order valence-corrected chi connectivity index (χ1v) is 10.6. The molecule has 5 rings (SSSR count). The highest BCUT2D eigenvalue weighted by atomic mass is 19.3. The van der Waals surface area contributed by atoms with Gasteiger partial charge in [-0.05, 0) is 24.3 Å². The van der Waals surface area contributed by atoms with Crippen LogP contribution < -0.4 is 4.74 Å². The van der Waals surface area contributed by atoms with Gasteiger partial charge in [-0.15, -0.1) is 0 Å². The van der Waals surface area contributed by atoms with Gasteiger partial charge in [0, 0.05) is 36.8 Å². The first-order valence-electron chi connectivity index (χ1n) is 10.6. The smallest absolute Gasteiger partial charge is 0.287 e. The van der Waals surface area contributed by atoms with E-state index in [1.807, 2.05) is 32.0 Å². The Morgan fingerprint density at radius 2 is 1.97 bits per heavy atom. The zero-order valence-corrected chi connectivity index (χ0v) is 17.9. The summed E-state index contributed by atoms with van der Waals surface area (Å²) < 4.78 is 34.8. The van der Waals surface area contributed by atoms with Gasteiger partial charge in [0.1, 0.15) is 5.52 Å². The lowest BCUT2D eigenvalue weighted by atomic mass is 10.0. The van der Waals surface area contributed by atoms with Gasteiger partial charge in [-0.25, -0.2) is 13.8 Å². The van der Waals surface area contributed by atoms with E-state index in [1.165, 1.54) is 4.90 Å². The molecule has 1 atom stereocenters. The van der Waals surface area contributed by atoms with Crippen LogP contribution in [0.3, 0.4) is 0 Å². The molecule has 1 amide bonds. The number of carbonyl (C=O) groups is 1. The number of alkyl halides is 2. The molecule has 1 aliphatic heterocycles. The minimum absolute atomic E-state index is 0.0592. The van der Waals surface area contributed by atoms with Crippen LogP contribution in [-0.4, -0.2) is 50.9 Å². The molecule has 4 aromatic rings. The summed E-state index contributed by atoms with van der Waals surface area (Å²) in [6.07, 6.45) is 1.19. The Hall–Kier alpha value is -3.55. The van der Waals surface area contributed by atoms with Gasteiger partial charge in [0.2, 0.25) is 5.88 Å². The fraction of sp³-hybridized carbons (Fsp3) is 0.292. The number of amides is 1. The zero-order chi connectivity index (χ0) is 22.7. The molecular formula is C24H24F2N4O2. The maximum atomic E-state index is 14.6. The molecule has 0 aliphatic carbocycles. The average molecular weight is 438 g/mol. The Labute approximate surface area is 184 Å². The Morgan fingerprint density at radius 1 is 1.16 bits per heavy atom. The van der Waals surface area contributed by atoms with Crippen molar-refractivity contribution >= 4 is 27.8 Å². The number of aromatic nitrogens is 3. The van der Waals surface area contributed by atoms with Crippen molar-refractivity contribution in [2.24, 2.45) is 0 Å². The lowest BCUT2D eigenvalue weighted by Gasteiger charge is -2.37. The molecule has 166 valence electrons. The normalized spacial score (nSPS) is 17.6. The molecule has 1 unspecified atom stereocenters. The third-order valence-electron chi connectivity index (χ3n) is 5.36. The van der Waals surface area contributed by atoms with Gasteiger partial charge in [0.15, 0.2) is 6.10 Å². The van der Waals surface area contributed by atoms with Crippen LogP contribution in [0.2, 0.25) is 0 Å². The molecule has 1 fully saturated rings. The number of fused-ring (bicyclic) bond motifs is 2. The summed E-state index contributed by atoms with van der Waals surface area (Å²) >= 11 is 0. The van der Waals surface area contributed by atoms with E-state index >= 15 is 0 Å². The number of likely N-dealkylation sites (tertiary alicyclic amines) is 1. The van der Waals surface area contributed by atoms with E-state index in [-0.39, 0.29) is 24.9 Å². The highest BCUT2D eigenvalue weighted by Crippen LogP contribution is 2.33. The summed E-state index contributed by atoms with van der Waals surface area (Å²) in [6, 6.07) is 14.3. The molecule has 1 aliphatic rings. The van der Waals surface area contributed by atoms with Gasteiger partial charge in [0.25, 0.3) is 11.8 Å². The zero-order valence-electron chi connectivity index (χ0n) is 17.9. The molecule has 1 saturated heterocycles. The second-order valence-corrected chi connectivity index (χ2v) is 7.31. The molecule has 1 aromatic carbocycles. The number of benzene rings is 1. The largest absolute Gasteiger partial charge is 0.466 e. The molecule has 0 bridgehead atoms. The van der Waals surface area contributed by atoms with Crippen LogP contribution in [0, 0.1) is 0 Å². The van der Waals surface area contributed by atoms with Crippen molar-refractivity contribution in [3.05, 3.63) is 66.5 Å². The van der Waals surface area contributed by atoms with E-state index in [4.69, 9.17) is 4.74 Å². The van der Waals surface area contributed by atoms with Crippen LogP contribution in [0.4, 0.5) is 8.78 Å². The molecule has 0 spiro atoms. The summed E-state index contributed by atoms with van der Waals surface area (Å²) in [5, 5.41) is 0.892. The standard InChI is InChI=1S/C22H18F2N4O2.C2H6/c23-22(24)9-11-28(21(29)15-12-26-17-6-3-10-25-20(15)17)13-18(22)30-19-8-7-14-4-1-2-5-16(14)27-19;1-2/h1-8,10,12,18,26H,9,11,13H2;1-2H3. The van der Waals surface area contributed by atoms with Gasteiger partial charge < -0.3 is 14.6 Å². The van der Waals surface area contributed by atoms with Crippen LogP contribution in [0.1, 0.15) is 30.6 Å². The first kappa shape index (κ1) is 21.7. The summed E-state index contributed by atoms with van der Waals surface area (Å²) in [4.78, 5) is 25.9. The number of nitrogens with one attached hydrogen (secondary N) is 1. The summed E-state index contributed by atoms with van der Waals surface area (Å²) in [5.74, 6) is -3.31. The number of hydrogen-bond donors (Lipinski definition) is 1. The molecule has 6 nitrogen and oxygen atoms in total. The maximum absolute atomic E-state index is 14.6. The van der Waals surface area contributed by atoms with Gasteiger partial charge in [-0.1, -0.05) is 32.0 Å². The lowest BCUT2D eigenvalue weighted by Crippen LogP contribution is -2.55. The number of hydrogen-bond acceptors (Lipinski definition) is 4. The highest BCUT2D eigenvalue weighted by Gasteiger charge is 2.47. The molecule has 0 saturated carbocycles. The van der Waals surface area contributed by atoms with Crippen molar-refractivity contribution in [3.8, 4) is 5.88 Å². The molecule has 3 aromatic heterocycles. The predicted octanol–water partition coefficient (Wildman–Crippen LogP) is 5.07. The Balaban J connectivity index is 0.00000119. The second-order valence-electron chi connectivity index (χ2n) is 7.31. The summed E-state index contributed by atoms with van der Waals surface area (Å²) in [6.45, 7) is 3.70. The van der Waals surface area contributed by atoms with E-state index in [1.54, 1.807) is 42.7 Å². The SMILES string of the molecule is CC.O=C(c1c[nH]c2cccnc12)N1CCC(F)(F)C(Oc2ccc3ccccc3n2)C1. The van der Waals surface area contributed by atoms with Crippen LogP contribution in [0.5, 0.6) is 5.88 Å². The minimum atomic E-state index is -3.07. The van der Waals surface area contributed by atoms with Crippen molar-refractivity contribution in [2.75, 3.05) is 13.1 Å². The molecule has 4 heterocycles. The Bertz CT molecular complexity index is 1240. The van der Waals surface area contributed by atoms with Crippen molar-refractivity contribution in [3.63, 3.8) is 0 Å². The number of H-pyrrole nitrogens is 1. The van der Waals surface area contributed by atoms with E-state index < -0.39 is 18.4 Å². The molecule has 32 heavy (non-hydrogen) atoms. The van der Waals surface area contributed by atoms with Crippen LogP contribution in [0.15, 0.2) is 60.9 Å². The number of aromatic amines is 1. The third-order valence-corrected chi connectivity index (χ3v) is 5.36. The van der Waals surface area contributed by atoms with Crippen LogP contribution >= 0.6 is 0 Å². The average Bonchev–Trinajstić information content (AvgIpc) is 3.25. The fourth-order valence-corrected chi connectivity index (χ4v) is 3.72. The van der Waals surface area contributed by atoms with Gasteiger partial charge in [-0.2, -0.15) is 0 Å². The van der Waals surface area contributed by atoms with Crippen molar-refractivity contribution in [1.29, 1.82) is 0 Å². The Morgan fingerprint density at radius 3 is 2.81 bits per heavy atom. The number of nitrogens with zero attached hydrogens (tertiary/aromatic N) is 3. The number of rotatable bonds is 3. The fourth-order valence-electron chi connectivity index (χ4n) is 3.72. The first-order chi connectivity index (χ1) is 15.5. The van der Waals surface area contributed by atoms with Gasteiger partial charge >= 0.3 is 0 Å². The van der Waals surface area contributed by atoms with E-state index in [0.717, 1.165) is 10.9 Å². The number of pyridine rings is 2. The van der Waals surface area contributed by atoms with Crippen molar-refractivity contribution < 1.29 is 18.3 Å². The maximum Gasteiger partial charge on any atom is 0.287 e. The topological polar surface area (TPSA) is 71.1 Å². The van der Waals surface area contributed by atoms with Gasteiger partial charge in [-0.3, -0.25) is 9.78 Å². The van der Waals surface area contributed by atoms with E-state index in [9.17, 15) is 13.6 Å². The monoisotopic (exact) mass is 438 g/mol. The number of carbonyl (C=O) groups excluding carboxylic acids is 1. The third kappa shape index (κ3) is 4.12. The van der Waals surface area contributed by atoms with E-state index in [0.29, 0.717) is 16.6 Å². The minimum Gasteiger partial charge on any atom is -0.466 e. The number of para-hydroxylation sites is 1. The summed E-state index contributed by atoms with van der Waals surface area (Å²) in [5.41, 5.74) is 2.26. The van der Waals surface area contributed by atoms with Gasteiger partial charge in [0.05, 0.1) is 23.1 Å². The van der Waals surface area contributed by atoms with E-state index in [2.05, 4.69) is 15.0 Å². The predicted molar refractivity (Wildman–Crippen MR) is 119 cm³/mol. The molecular weight excluding hydrogens is 414 g/mol. The lowest BCUT2D eigenvalue weighted by molar-refractivity contribution is -0.131. The Kier molecular flexibility index (Phi) is 6.03. The highest BCUT2D eigenvalue weighted by molar-refractivity contribution is 6.05. The van der Waals surface area contributed by atoms with Crippen LogP contribution in [0.25, 0.3) is 21.9 Å². The second kappa shape index (κ2) is 8.90. The quantitative estimate of drug-likeness (QED) is 0.485. The molecule has 0 radical (unpaired) electrons. The molecule has 8 heteroatoms. The van der Waals surface area contributed by atoms with Crippen molar-refractivity contribution in [1.82, 2.24) is 19.9 Å². The van der Waals surface area contributed by atoms with Crippen molar-refractivity contribution in [2.45, 2.75) is 32.3 Å². The number of piperidine rings is 1. The number of halogens is 2. The van der Waals surface area contributed by atoms with Crippen LogP contribution in [-0.2, 0) is 0 Å². The molecule has 1 N–H and O–H groups in total. The number of ether oxygens (including phenoxy) is 1. The summed E-state index contributed by atoms with van der Waals surface area (Å²) in [7, 11) is 0.